The topological polar surface area (TPSA) is 58.1 Å². The fourth-order valence-electron chi connectivity index (χ4n) is 2.04. The lowest BCUT2D eigenvalue weighted by Crippen LogP contribution is -2.43. The highest BCUT2D eigenvalue weighted by Crippen LogP contribution is 2.08. The number of hydrogen-bond donors (Lipinski definition) is 1. The normalized spacial score (nSPS) is 17.6. The van der Waals surface area contributed by atoms with Gasteiger partial charge < -0.3 is 4.98 Å². The van der Waals surface area contributed by atoms with Gasteiger partial charge in [0.1, 0.15) is 0 Å². The summed E-state index contributed by atoms with van der Waals surface area (Å²) in [5, 5.41) is 0. The van der Waals surface area contributed by atoms with E-state index in [0.717, 1.165) is 25.9 Å². The molecule has 0 saturated carbocycles. The summed E-state index contributed by atoms with van der Waals surface area (Å²) in [7, 11) is 0. The van der Waals surface area contributed by atoms with Gasteiger partial charge >= 0.3 is 5.69 Å². The molecule has 1 fully saturated rings. The number of likely N-dealkylation sites (tertiary alicyclic amines) is 1. The molecule has 1 aromatic heterocycles. The quantitative estimate of drug-likeness (QED) is 0.784. The second-order valence-electron chi connectivity index (χ2n) is 4.33. The standard InChI is InChI=1S/C11H17N3O2/c1-9-7-12-11(16)14(10(9)15)8-13-5-3-2-4-6-13/h7H,2-6,8H2,1H3,(H,12,16). The predicted octanol–water partition coefficient (Wildman–Crippen LogP) is 0.288. The SMILES string of the molecule is Cc1c[nH]c(=O)n(CN2CCCCC2)c1=O. The molecule has 0 radical (unpaired) electrons. The molecule has 1 aromatic rings. The van der Waals surface area contributed by atoms with E-state index in [4.69, 9.17) is 0 Å². The molecule has 0 bridgehead atoms. The summed E-state index contributed by atoms with van der Waals surface area (Å²) < 4.78 is 1.28. The predicted molar refractivity (Wildman–Crippen MR) is 61.5 cm³/mol. The molecule has 2 rings (SSSR count). The number of piperidine rings is 1. The molecule has 5 heteroatoms. The summed E-state index contributed by atoms with van der Waals surface area (Å²) in [5.41, 5.74) is 0.0760. The molecule has 0 amide bonds. The number of aromatic amines is 1. The molecule has 88 valence electrons. The van der Waals surface area contributed by atoms with E-state index >= 15 is 0 Å². The van der Waals surface area contributed by atoms with Crippen LogP contribution in [0.1, 0.15) is 24.8 Å². The number of hydrogen-bond acceptors (Lipinski definition) is 3. The maximum Gasteiger partial charge on any atom is 0.329 e. The van der Waals surface area contributed by atoms with Gasteiger partial charge in [0.2, 0.25) is 0 Å². The van der Waals surface area contributed by atoms with Gasteiger partial charge in [-0.1, -0.05) is 6.42 Å². The summed E-state index contributed by atoms with van der Waals surface area (Å²) in [4.78, 5) is 28.1. The molecule has 1 aliphatic rings. The van der Waals surface area contributed by atoms with Crippen molar-refractivity contribution >= 4 is 0 Å². The summed E-state index contributed by atoms with van der Waals surface area (Å²) in [6.45, 7) is 4.07. The van der Waals surface area contributed by atoms with Crippen LogP contribution in [0.5, 0.6) is 0 Å². The number of aromatic nitrogens is 2. The van der Waals surface area contributed by atoms with Crippen LogP contribution >= 0.6 is 0 Å². The van der Waals surface area contributed by atoms with E-state index < -0.39 is 0 Å². The Labute approximate surface area is 93.7 Å². The van der Waals surface area contributed by atoms with Crippen LogP contribution in [0.2, 0.25) is 0 Å². The molecule has 0 spiro atoms. The molecule has 1 aliphatic heterocycles. The Bertz CT molecular complexity index is 469. The third kappa shape index (κ3) is 2.24. The fourth-order valence-corrected chi connectivity index (χ4v) is 2.04. The molecule has 1 N–H and O–H groups in total. The lowest BCUT2D eigenvalue weighted by molar-refractivity contribution is 0.176. The van der Waals surface area contributed by atoms with Crippen molar-refractivity contribution in [2.24, 2.45) is 0 Å². The average molecular weight is 223 g/mol. The van der Waals surface area contributed by atoms with E-state index in [2.05, 4.69) is 9.88 Å². The molecule has 0 aliphatic carbocycles. The van der Waals surface area contributed by atoms with Crippen molar-refractivity contribution in [1.29, 1.82) is 0 Å². The lowest BCUT2D eigenvalue weighted by atomic mass is 10.1. The van der Waals surface area contributed by atoms with Crippen LogP contribution in [0.3, 0.4) is 0 Å². The van der Waals surface area contributed by atoms with Crippen molar-refractivity contribution in [3.63, 3.8) is 0 Å². The third-order valence-corrected chi connectivity index (χ3v) is 3.03. The van der Waals surface area contributed by atoms with Gasteiger partial charge in [0.25, 0.3) is 5.56 Å². The maximum absolute atomic E-state index is 11.8. The molecule has 0 aromatic carbocycles. The third-order valence-electron chi connectivity index (χ3n) is 3.03. The first-order chi connectivity index (χ1) is 7.68. The first-order valence-corrected chi connectivity index (χ1v) is 5.70. The highest BCUT2D eigenvalue weighted by molar-refractivity contribution is 5.00. The molecular formula is C11H17N3O2. The zero-order chi connectivity index (χ0) is 11.5. The van der Waals surface area contributed by atoms with E-state index in [0.29, 0.717) is 12.2 Å². The minimum absolute atomic E-state index is 0.186. The van der Waals surface area contributed by atoms with Crippen LogP contribution < -0.4 is 11.2 Å². The first kappa shape index (κ1) is 11.1. The van der Waals surface area contributed by atoms with Crippen LogP contribution in [-0.2, 0) is 6.67 Å². The Hall–Kier alpha value is -1.36. The van der Waals surface area contributed by atoms with Crippen molar-refractivity contribution in [2.45, 2.75) is 32.9 Å². The maximum atomic E-state index is 11.8. The Morgan fingerprint density at radius 3 is 2.62 bits per heavy atom. The summed E-state index contributed by atoms with van der Waals surface area (Å²) >= 11 is 0. The minimum Gasteiger partial charge on any atom is -0.314 e. The van der Waals surface area contributed by atoms with Crippen LogP contribution in [0, 0.1) is 6.92 Å². The van der Waals surface area contributed by atoms with E-state index in [1.807, 2.05) is 0 Å². The van der Waals surface area contributed by atoms with E-state index in [9.17, 15) is 9.59 Å². The second-order valence-corrected chi connectivity index (χ2v) is 4.33. The Kier molecular flexibility index (Phi) is 3.24. The lowest BCUT2D eigenvalue weighted by Gasteiger charge is -2.26. The number of nitrogens with zero attached hydrogens (tertiary/aromatic N) is 2. The van der Waals surface area contributed by atoms with Gasteiger partial charge in [-0.2, -0.15) is 0 Å². The van der Waals surface area contributed by atoms with Crippen molar-refractivity contribution < 1.29 is 0 Å². The van der Waals surface area contributed by atoms with Gasteiger partial charge in [-0.25, -0.2) is 9.36 Å². The summed E-state index contributed by atoms with van der Waals surface area (Å²) in [6.07, 6.45) is 5.02. The summed E-state index contributed by atoms with van der Waals surface area (Å²) in [5.74, 6) is 0. The highest BCUT2D eigenvalue weighted by atomic mass is 16.2. The molecule has 16 heavy (non-hydrogen) atoms. The van der Waals surface area contributed by atoms with Gasteiger partial charge in [0.05, 0.1) is 6.67 Å². The Balaban J connectivity index is 2.23. The van der Waals surface area contributed by atoms with Crippen molar-refractivity contribution in [2.75, 3.05) is 13.1 Å². The number of nitrogens with one attached hydrogen (secondary N) is 1. The van der Waals surface area contributed by atoms with E-state index in [1.54, 1.807) is 6.92 Å². The van der Waals surface area contributed by atoms with Gasteiger partial charge in [0, 0.05) is 11.8 Å². The van der Waals surface area contributed by atoms with Crippen molar-refractivity contribution in [3.05, 3.63) is 32.6 Å². The molecule has 5 nitrogen and oxygen atoms in total. The monoisotopic (exact) mass is 223 g/mol. The zero-order valence-electron chi connectivity index (χ0n) is 9.53. The van der Waals surface area contributed by atoms with E-state index in [1.165, 1.54) is 17.2 Å². The van der Waals surface area contributed by atoms with Gasteiger partial charge in [-0.15, -0.1) is 0 Å². The van der Waals surface area contributed by atoms with Crippen LogP contribution in [-0.4, -0.2) is 27.5 Å². The van der Waals surface area contributed by atoms with Gasteiger partial charge in [-0.05, 0) is 32.9 Å². The molecule has 2 heterocycles. The zero-order valence-corrected chi connectivity index (χ0v) is 9.53. The molecule has 1 saturated heterocycles. The van der Waals surface area contributed by atoms with Crippen molar-refractivity contribution in [1.82, 2.24) is 14.5 Å². The first-order valence-electron chi connectivity index (χ1n) is 5.70. The highest BCUT2D eigenvalue weighted by Gasteiger charge is 2.12. The molecule has 0 atom stereocenters. The second kappa shape index (κ2) is 4.65. The van der Waals surface area contributed by atoms with Crippen LogP contribution in [0.25, 0.3) is 0 Å². The number of H-pyrrole nitrogens is 1. The average Bonchev–Trinajstić information content (AvgIpc) is 2.31. The van der Waals surface area contributed by atoms with Gasteiger partial charge in [-0.3, -0.25) is 9.69 Å². The van der Waals surface area contributed by atoms with Crippen molar-refractivity contribution in [3.8, 4) is 0 Å². The number of rotatable bonds is 2. The smallest absolute Gasteiger partial charge is 0.314 e. The number of aryl methyl sites for hydroxylation is 1. The van der Waals surface area contributed by atoms with Crippen LogP contribution in [0.4, 0.5) is 0 Å². The largest absolute Gasteiger partial charge is 0.329 e. The van der Waals surface area contributed by atoms with E-state index in [-0.39, 0.29) is 11.2 Å². The van der Waals surface area contributed by atoms with Gasteiger partial charge in [0.15, 0.2) is 0 Å². The molecule has 0 unspecified atom stereocenters. The molecular weight excluding hydrogens is 206 g/mol. The summed E-state index contributed by atoms with van der Waals surface area (Å²) in [6, 6.07) is 0. The Morgan fingerprint density at radius 1 is 1.25 bits per heavy atom. The Morgan fingerprint density at radius 2 is 1.94 bits per heavy atom. The minimum atomic E-state index is -0.318. The van der Waals surface area contributed by atoms with Crippen LogP contribution in [0.15, 0.2) is 15.8 Å². The fraction of sp³-hybridized carbons (Fsp3) is 0.636.